The standard InChI is InChI=1S/C27H29BrN6O2/c1-32-14-3-4-21(32)12-15-34(18-35)26-17-23(11-13-29-26)36-22-9-10-25-24(16-22)31-27(33(25)2)30-20-7-5-19(28)6-8-20/h5-11,13,16-18,21H,3-4,12,14-15H2,1-2H3,(H,30,31). The third-order valence-electron chi connectivity index (χ3n) is 6.70. The first-order valence-corrected chi connectivity index (χ1v) is 12.8. The lowest BCUT2D eigenvalue weighted by atomic mass is 10.1. The van der Waals surface area contributed by atoms with Crippen molar-refractivity contribution < 1.29 is 9.53 Å². The molecule has 2 aromatic carbocycles. The molecule has 36 heavy (non-hydrogen) atoms. The first kappa shape index (κ1) is 24.3. The minimum Gasteiger partial charge on any atom is -0.457 e. The number of pyridine rings is 1. The molecule has 1 aliphatic rings. The van der Waals surface area contributed by atoms with E-state index in [1.807, 2.05) is 54.1 Å². The average molecular weight is 549 g/mol. The summed E-state index contributed by atoms with van der Waals surface area (Å²) in [5.41, 5.74) is 2.76. The van der Waals surface area contributed by atoms with Crippen LogP contribution in [0.15, 0.2) is 65.3 Å². The highest BCUT2D eigenvalue weighted by molar-refractivity contribution is 9.10. The SMILES string of the molecule is CN1CCCC1CCN(C=O)c1cc(Oc2ccc3c(c2)nc(Nc2ccc(Br)cc2)n3C)ccn1. The summed E-state index contributed by atoms with van der Waals surface area (Å²) in [5.74, 6) is 2.61. The van der Waals surface area contributed by atoms with Crippen molar-refractivity contribution in [2.45, 2.75) is 25.3 Å². The summed E-state index contributed by atoms with van der Waals surface area (Å²) in [4.78, 5) is 25.0. The van der Waals surface area contributed by atoms with Crippen LogP contribution in [-0.2, 0) is 11.8 Å². The van der Waals surface area contributed by atoms with Crippen LogP contribution >= 0.6 is 15.9 Å². The molecule has 0 aliphatic carbocycles. The summed E-state index contributed by atoms with van der Waals surface area (Å²) in [5, 5.41) is 3.36. The Kier molecular flexibility index (Phi) is 7.20. The Hall–Kier alpha value is -3.43. The van der Waals surface area contributed by atoms with E-state index in [0.717, 1.165) is 46.5 Å². The molecule has 4 aromatic rings. The predicted octanol–water partition coefficient (Wildman–Crippen LogP) is 5.71. The number of nitrogens with zero attached hydrogens (tertiary/aromatic N) is 5. The van der Waals surface area contributed by atoms with Crippen molar-refractivity contribution in [3.63, 3.8) is 0 Å². The van der Waals surface area contributed by atoms with Gasteiger partial charge in [-0.25, -0.2) is 9.97 Å². The van der Waals surface area contributed by atoms with Gasteiger partial charge < -0.3 is 19.5 Å². The lowest BCUT2D eigenvalue weighted by molar-refractivity contribution is -0.107. The minimum atomic E-state index is 0.514. The van der Waals surface area contributed by atoms with E-state index < -0.39 is 0 Å². The quantitative estimate of drug-likeness (QED) is 0.270. The Bertz CT molecular complexity index is 1360. The van der Waals surface area contributed by atoms with E-state index in [0.29, 0.717) is 29.9 Å². The molecule has 1 fully saturated rings. The summed E-state index contributed by atoms with van der Waals surface area (Å²) in [6.07, 6.45) is 5.83. The molecule has 1 amide bonds. The van der Waals surface area contributed by atoms with Crippen molar-refractivity contribution in [1.29, 1.82) is 0 Å². The molecule has 5 rings (SSSR count). The van der Waals surface area contributed by atoms with Crippen molar-refractivity contribution >= 4 is 50.8 Å². The number of nitrogens with one attached hydrogen (secondary N) is 1. The van der Waals surface area contributed by atoms with Crippen LogP contribution in [0.3, 0.4) is 0 Å². The Morgan fingerprint density at radius 1 is 1.14 bits per heavy atom. The fourth-order valence-corrected chi connectivity index (χ4v) is 4.89. The highest BCUT2D eigenvalue weighted by Gasteiger charge is 2.21. The number of carbonyl (C=O) groups excluding carboxylic acids is 1. The lowest BCUT2D eigenvalue weighted by Gasteiger charge is -2.23. The smallest absolute Gasteiger partial charge is 0.215 e. The summed E-state index contributed by atoms with van der Waals surface area (Å²) in [6, 6.07) is 17.9. The molecule has 1 aliphatic heterocycles. The van der Waals surface area contributed by atoms with E-state index in [2.05, 4.69) is 38.2 Å². The monoisotopic (exact) mass is 548 g/mol. The van der Waals surface area contributed by atoms with Crippen LogP contribution in [-0.4, -0.2) is 52.0 Å². The van der Waals surface area contributed by atoms with Gasteiger partial charge in [-0.3, -0.25) is 9.69 Å². The van der Waals surface area contributed by atoms with Gasteiger partial charge in [0.1, 0.15) is 17.3 Å². The Morgan fingerprint density at radius 2 is 1.94 bits per heavy atom. The minimum absolute atomic E-state index is 0.514. The van der Waals surface area contributed by atoms with Crippen LogP contribution in [0.4, 0.5) is 17.5 Å². The maximum atomic E-state index is 11.8. The van der Waals surface area contributed by atoms with Gasteiger partial charge in [0.15, 0.2) is 0 Å². The first-order chi connectivity index (χ1) is 17.5. The fourth-order valence-electron chi connectivity index (χ4n) is 4.63. The summed E-state index contributed by atoms with van der Waals surface area (Å²) in [7, 11) is 4.12. The van der Waals surface area contributed by atoms with Crippen molar-refractivity contribution in [1.82, 2.24) is 19.4 Å². The number of hydrogen-bond acceptors (Lipinski definition) is 6. The average Bonchev–Trinajstić information content (AvgIpc) is 3.43. The molecular formula is C27H29BrN6O2. The third-order valence-corrected chi connectivity index (χ3v) is 7.23. The molecule has 1 unspecified atom stereocenters. The van der Waals surface area contributed by atoms with E-state index >= 15 is 0 Å². The van der Waals surface area contributed by atoms with Crippen LogP contribution < -0.4 is 15.0 Å². The van der Waals surface area contributed by atoms with Gasteiger partial charge in [-0.1, -0.05) is 15.9 Å². The zero-order chi connectivity index (χ0) is 25.1. The summed E-state index contributed by atoms with van der Waals surface area (Å²) >= 11 is 3.46. The third kappa shape index (κ3) is 5.37. The molecule has 0 bridgehead atoms. The number of benzene rings is 2. The molecule has 8 nitrogen and oxygen atoms in total. The number of amides is 1. The van der Waals surface area contributed by atoms with Crippen molar-refractivity contribution in [3.05, 3.63) is 65.3 Å². The molecular weight excluding hydrogens is 520 g/mol. The number of aryl methyl sites for hydroxylation is 1. The highest BCUT2D eigenvalue weighted by atomic mass is 79.9. The summed E-state index contributed by atoms with van der Waals surface area (Å²) < 4.78 is 9.17. The van der Waals surface area contributed by atoms with Gasteiger partial charge in [-0.05, 0) is 75.3 Å². The highest BCUT2D eigenvalue weighted by Crippen LogP contribution is 2.29. The van der Waals surface area contributed by atoms with E-state index in [9.17, 15) is 4.79 Å². The predicted molar refractivity (Wildman–Crippen MR) is 146 cm³/mol. The van der Waals surface area contributed by atoms with Crippen molar-refractivity contribution in [3.8, 4) is 11.5 Å². The molecule has 0 saturated carbocycles. The number of anilines is 3. The van der Waals surface area contributed by atoms with Gasteiger partial charge in [-0.15, -0.1) is 0 Å². The zero-order valence-corrected chi connectivity index (χ0v) is 22.0. The largest absolute Gasteiger partial charge is 0.457 e. The van der Waals surface area contributed by atoms with Crippen LogP contribution in [0.5, 0.6) is 11.5 Å². The topological polar surface area (TPSA) is 75.5 Å². The second-order valence-corrected chi connectivity index (χ2v) is 10.0. The number of carbonyl (C=O) groups is 1. The zero-order valence-electron chi connectivity index (χ0n) is 20.4. The summed E-state index contributed by atoms with van der Waals surface area (Å²) in [6.45, 7) is 1.75. The molecule has 0 spiro atoms. The van der Waals surface area contributed by atoms with E-state index in [1.54, 1.807) is 23.2 Å². The second-order valence-electron chi connectivity index (χ2n) is 9.09. The number of halogens is 1. The van der Waals surface area contributed by atoms with Gasteiger partial charge in [-0.2, -0.15) is 0 Å². The first-order valence-electron chi connectivity index (χ1n) is 12.1. The lowest BCUT2D eigenvalue weighted by Crippen LogP contribution is -2.31. The van der Waals surface area contributed by atoms with Gasteiger partial charge in [0.05, 0.1) is 11.0 Å². The second kappa shape index (κ2) is 10.7. The number of ether oxygens (including phenoxy) is 1. The Balaban J connectivity index is 1.30. The Labute approximate surface area is 219 Å². The van der Waals surface area contributed by atoms with Gasteiger partial charge in [0.25, 0.3) is 0 Å². The Morgan fingerprint density at radius 3 is 2.69 bits per heavy atom. The number of likely N-dealkylation sites (tertiary alicyclic amines) is 1. The van der Waals surface area contributed by atoms with Crippen LogP contribution in [0.25, 0.3) is 11.0 Å². The molecule has 2 aromatic heterocycles. The maximum absolute atomic E-state index is 11.8. The van der Waals surface area contributed by atoms with Gasteiger partial charge in [0.2, 0.25) is 12.4 Å². The van der Waals surface area contributed by atoms with E-state index in [-0.39, 0.29) is 0 Å². The van der Waals surface area contributed by atoms with Gasteiger partial charge >= 0.3 is 0 Å². The number of imidazole rings is 1. The van der Waals surface area contributed by atoms with Gasteiger partial charge in [0, 0.05) is 48.1 Å². The molecule has 0 radical (unpaired) electrons. The molecule has 1 N–H and O–H groups in total. The van der Waals surface area contributed by atoms with Crippen molar-refractivity contribution in [2.75, 3.05) is 30.4 Å². The normalized spacial score (nSPS) is 15.8. The number of hydrogen-bond donors (Lipinski definition) is 1. The molecule has 186 valence electrons. The molecule has 9 heteroatoms. The maximum Gasteiger partial charge on any atom is 0.215 e. The number of rotatable bonds is 9. The number of aromatic nitrogens is 3. The molecule has 1 saturated heterocycles. The van der Waals surface area contributed by atoms with Crippen LogP contribution in [0, 0.1) is 0 Å². The van der Waals surface area contributed by atoms with Crippen molar-refractivity contribution in [2.24, 2.45) is 7.05 Å². The number of fused-ring (bicyclic) bond motifs is 1. The van der Waals surface area contributed by atoms with Crippen LogP contribution in [0.2, 0.25) is 0 Å². The van der Waals surface area contributed by atoms with Crippen LogP contribution in [0.1, 0.15) is 19.3 Å². The molecule has 1 atom stereocenters. The van der Waals surface area contributed by atoms with E-state index in [4.69, 9.17) is 9.72 Å². The molecule has 3 heterocycles. The van der Waals surface area contributed by atoms with E-state index in [1.165, 1.54) is 12.8 Å². The fraction of sp³-hybridized carbons (Fsp3) is 0.296.